The molecule has 2 aromatic heterocycles. The van der Waals surface area contributed by atoms with Crippen LogP contribution in [0, 0.1) is 5.92 Å². The SMILES string of the molecule is CCn1cc(CN2CCc3nc(C4CCN(C(=O)C5CCC5)CC4)[nH]c(=O)c3C2)cn1. The maximum atomic E-state index is 12.9. The standard InChI is InChI=1S/C23H32N6O2/c1-2-29-14-16(12-24-29)13-27-9-8-20-19(15-27)22(30)26-21(25-20)17-6-10-28(11-7-17)23(31)18-4-3-5-18/h12,14,17-18H,2-11,13,15H2,1H3,(H,25,26,30). The topological polar surface area (TPSA) is 87.1 Å². The molecule has 31 heavy (non-hydrogen) atoms. The number of aromatic amines is 1. The predicted octanol–water partition coefficient (Wildman–Crippen LogP) is 2.05. The molecule has 0 radical (unpaired) electrons. The smallest absolute Gasteiger partial charge is 0.255 e. The second-order valence-corrected chi connectivity index (χ2v) is 9.27. The van der Waals surface area contributed by atoms with Crippen molar-refractivity contribution in [2.24, 2.45) is 5.92 Å². The number of hydrogen-bond acceptors (Lipinski definition) is 5. The van der Waals surface area contributed by atoms with Gasteiger partial charge in [-0.25, -0.2) is 4.98 Å². The fraction of sp³-hybridized carbons (Fsp3) is 0.652. The van der Waals surface area contributed by atoms with E-state index in [0.717, 1.165) is 81.9 Å². The van der Waals surface area contributed by atoms with Crippen molar-refractivity contribution in [3.05, 3.63) is 45.4 Å². The molecule has 0 unspecified atom stereocenters. The number of aryl methyl sites for hydroxylation is 1. The van der Waals surface area contributed by atoms with Gasteiger partial charge in [0.1, 0.15) is 5.82 Å². The average Bonchev–Trinajstić information content (AvgIpc) is 3.20. The van der Waals surface area contributed by atoms with Crippen LogP contribution in [0.3, 0.4) is 0 Å². The van der Waals surface area contributed by atoms with Gasteiger partial charge in [-0.15, -0.1) is 0 Å². The van der Waals surface area contributed by atoms with Gasteiger partial charge in [0.15, 0.2) is 0 Å². The molecule has 2 aromatic rings. The number of hydrogen-bond donors (Lipinski definition) is 1. The van der Waals surface area contributed by atoms with E-state index in [1.54, 1.807) is 0 Å². The summed E-state index contributed by atoms with van der Waals surface area (Å²) in [5, 5.41) is 4.34. The van der Waals surface area contributed by atoms with Crippen molar-refractivity contribution in [2.75, 3.05) is 19.6 Å². The van der Waals surface area contributed by atoms with Crippen molar-refractivity contribution in [3.63, 3.8) is 0 Å². The van der Waals surface area contributed by atoms with Gasteiger partial charge in [0.05, 0.1) is 17.5 Å². The van der Waals surface area contributed by atoms with E-state index in [1.165, 1.54) is 12.0 Å². The molecule has 0 aromatic carbocycles. The quantitative estimate of drug-likeness (QED) is 0.794. The normalized spacial score (nSPS) is 20.5. The summed E-state index contributed by atoms with van der Waals surface area (Å²) in [6.07, 6.45) is 9.84. The van der Waals surface area contributed by atoms with Gasteiger partial charge < -0.3 is 9.88 Å². The lowest BCUT2D eigenvalue weighted by molar-refractivity contribution is -0.139. The molecule has 1 N–H and O–H groups in total. The Morgan fingerprint density at radius 3 is 2.68 bits per heavy atom. The number of nitrogens with one attached hydrogen (secondary N) is 1. The Labute approximate surface area is 182 Å². The van der Waals surface area contributed by atoms with Gasteiger partial charge in [-0.05, 0) is 32.6 Å². The van der Waals surface area contributed by atoms with Crippen molar-refractivity contribution in [3.8, 4) is 0 Å². The second kappa shape index (κ2) is 8.57. The van der Waals surface area contributed by atoms with Crippen LogP contribution in [-0.2, 0) is 30.8 Å². The van der Waals surface area contributed by atoms with E-state index in [9.17, 15) is 9.59 Å². The van der Waals surface area contributed by atoms with Crippen LogP contribution in [0.2, 0.25) is 0 Å². The van der Waals surface area contributed by atoms with Gasteiger partial charge in [-0.1, -0.05) is 6.42 Å². The number of nitrogens with zero attached hydrogens (tertiary/aromatic N) is 5. The van der Waals surface area contributed by atoms with E-state index in [-0.39, 0.29) is 17.4 Å². The first-order chi connectivity index (χ1) is 15.1. The average molecular weight is 425 g/mol. The third-order valence-electron chi connectivity index (χ3n) is 7.23. The zero-order valence-electron chi connectivity index (χ0n) is 18.3. The molecule has 8 heteroatoms. The second-order valence-electron chi connectivity index (χ2n) is 9.27. The van der Waals surface area contributed by atoms with Gasteiger partial charge in [-0.2, -0.15) is 5.10 Å². The highest BCUT2D eigenvalue weighted by Crippen LogP contribution is 2.32. The van der Waals surface area contributed by atoms with Gasteiger partial charge in [0.2, 0.25) is 5.91 Å². The Hall–Kier alpha value is -2.48. The fourth-order valence-electron chi connectivity index (χ4n) is 5.03. The molecule has 4 heterocycles. The molecule has 2 fully saturated rings. The number of piperidine rings is 1. The first kappa shape index (κ1) is 20.4. The van der Waals surface area contributed by atoms with E-state index in [4.69, 9.17) is 4.98 Å². The molecule has 166 valence electrons. The molecule has 1 aliphatic carbocycles. The molecule has 2 aliphatic heterocycles. The third-order valence-corrected chi connectivity index (χ3v) is 7.23. The predicted molar refractivity (Wildman–Crippen MR) is 116 cm³/mol. The molecular weight excluding hydrogens is 392 g/mol. The highest BCUT2D eigenvalue weighted by Gasteiger charge is 2.33. The van der Waals surface area contributed by atoms with Crippen LogP contribution in [0.15, 0.2) is 17.2 Å². The van der Waals surface area contributed by atoms with E-state index in [2.05, 4.69) is 28.1 Å². The van der Waals surface area contributed by atoms with E-state index < -0.39 is 0 Å². The van der Waals surface area contributed by atoms with Crippen LogP contribution in [0.1, 0.15) is 67.6 Å². The van der Waals surface area contributed by atoms with Crippen LogP contribution >= 0.6 is 0 Å². The first-order valence-corrected chi connectivity index (χ1v) is 11.7. The fourth-order valence-corrected chi connectivity index (χ4v) is 5.03. The molecule has 1 saturated heterocycles. The summed E-state index contributed by atoms with van der Waals surface area (Å²) >= 11 is 0. The van der Waals surface area contributed by atoms with E-state index >= 15 is 0 Å². The summed E-state index contributed by atoms with van der Waals surface area (Å²) in [5.41, 5.74) is 2.93. The highest BCUT2D eigenvalue weighted by molar-refractivity contribution is 5.79. The van der Waals surface area contributed by atoms with Crippen molar-refractivity contribution < 1.29 is 4.79 Å². The molecule has 1 amide bonds. The van der Waals surface area contributed by atoms with Crippen molar-refractivity contribution >= 4 is 5.91 Å². The van der Waals surface area contributed by atoms with Gasteiger partial charge in [0.25, 0.3) is 5.56 Å². The van der Waals surface area contributed by atoms with Crippen LogP contribution in [0.25, 0.3) is 0 Å². The number of fused-ring (bicyclic) bond motifs is 1. The van der Waals surface area contributed by atoms with Crippen molar-refractivity contribution in [1.82, 2.24) is 29.5 Å². The summed E-state index contributed by atoms with van der Waals surface area (Å²) in [7, 11) is 0. The molecule has 3 aliphatic rings. The molecule has 1 saturated carbocycles. The van der Waals surface area contributed by atoms with Crippen LogP contribution in [0.4, 0.5) is 0 Å². The van der Waals surface area contributed by atoms with Crippen LogP contribution in [0.5, 0.6) is 0 Å². The monoisotopic (exact) mass is 424 g/mol. The van der Waals surface area contributed by atoms with E-state index in [0.29, 0.717) is 12.5 Å². The lowest BCUT2D eigenvalue weighted by Gasteiger charge is -2.36. The lowest BCUT2D eigenvalue weighted by Crippen LogP contribution is -2.43. The van der Waals surface area contributed by atoms with E-state index in [1.807, 2.05) is 15.8 Å². The first-order valence-electron chi connectivity index (χ1n) is 11.7. The number of carbonyl (C=O) groups excluding carboxylic acids is 1. The zero-order chi connectivity index (χ0) is 21.4. The Morgan fingerprint density at radius 2 is 2.00 bits per heavy atom. The number of carbonyl (C=O) groups is 1. The summed E-state index contributed by atoms with van der Waals surface area (Å²) in [5.74, 6) is 1.65. The zero-order valence-corrected chi connectivity index (χ0v) is 18.3. The summed E-state index contributed by atoms with van der Waals surface area (Å²) in [4.78, 5) is 37.7. The number of H-pyrrole nitrogens is 1. The number of amides is 1. The summed E-state index contributed by atoms with van der Waals surface area (Å²) < 4.78 is 1.93. The minimum absolute atomic E-state index is 0.00178. The molecule has 5 rings (SSSR count). The maximum Gasteiger partial charge on any atom is 0.255 e. The minimum Gasteiger partial charge on any atom is -0.342 e. The van der Waals surface area contributed by atoms with Crippen LogP contribution < -0.4 is 5.56 Å². The Balaban J connectivity index is 1.23. The number of rotatable bonds is 5. The number of aromatic nitrogens is 4. The molecule has 0 atom stereocenters. The van der Waals surface area contributed by atoms with Gasteiger partial charge >= 0.3 is 0 Å². The van der Waals surface area contributed by atoms with Crippen molar-refractivity contribution in [1.29, 1.82) is 0 Å². The van der Waals surface area contributed by atoms with Gasteiger partial charge in [0, 0.05) is 69.3 Å². The van der Waals surface area contributed by atoms with Crippen LogP contribution in [-0.4, -0.2) is 55.1 Å². The Kier molecular flexibility index (Phi) is 5.65. The van der Waals surface area contributed by atoms with Crippen molar-refractivity contribution in [2.45, 2.75) is 71.0 Å². The Bertz CT molecular complexity index is 1000. The highest BCUT2D eigenvalue weighted by atomic mass is 16.2. The Morgan fingerprint density at radius 1 is 1.19 bits per heavy atom. The summed E-state index contributed by atoms with van der Waals surface area (Å²) in [6.45, 7) is 6.82. The largest absolute Gasteiger partial charge is 0.342 e. The third kappa shape index (κ3) is 4.18. The lowest BCUT2D eigenvalue weighted by atomic mass is 9.83. The maximum absolute atomic E-state index is 12.9. The molecule has 0 bridgehead atoms. The molecule has 0 spiro atoms. The molecule has 8 nitrogen and oxygen atoms in total. The van der Waals surface area contributed by atoms with Gasteiger partial charge in [-0.3, -0.25) is 19.2 Å². The number of likely N-dealkylation sites (tertiary alicyclic amines) is 1. The molecular formula is C23H32N6O2. The minimum atomic E-state index is 0.00178. The summed E-state index contributed by atoms with van der Waals surface area (Å²) in [6, 6.07) is 0.